The number of hydrogen-bond donors (Lipinski definition) is 0. The van der Waals surface area contributed by atoms with Gasteiger partial charge < -0.3 is 4.90 Å². The summed E-state index contributed by atoms with van der Waals surface area (Å²) in [6, 6.07) is 17.3. The molecular formula is C24H27ClN2O. The second kappa shape index (κ2) is 8.74. The van der Waals surface area contributed by atoms with Crippen LogP contribution in [0.3, 0.4) is 0 Å². The van der Waals surface area contributed by atoms with Gasteiger partial charge in [0, 0.05) is 29.1 Å². The van der Waals surface area contributed by atoms with Crippen LogP contribution in [0.2, 0.25) is 5.02 Å². The van der Waals surface area contributed by atoms with Gasteiger partial charge in [-0.15, -0.1) is 0 Å². The van der Waals surface area contributed by atoms with Crippen LogP contribution >= 0.6 is 11.6 Å². The van der Waals surface area contributed by atoms with Crippen LogP contribution in [0.15, 0.2) is 54.6 Å². The Morgan fingerprint density at radius 2 is 1.57 bits per heavy atom. The zero-order valence-corrected chi connectivity index (χ0v) is 17.7. The number of amides is 1. The lowest BCUT2D eigenvalue weighted by atomic mass is 10.0. The molecule has 0 saturated carbocycles. The van der Waals surface area contributed by atoms with Crippen LogP contribution in [0.25, 0.3) is 22.2 Å². The Balaban J connectivity index is 2.15. The van der Waals surface area contributed by atoms with Crippen molar-refractivity contribution in [2.24, 2.45) is 11.8 Å². The highest BCUT2D eigenvalue weighted by Gasteiger charge is 2.22. The SMILES string of the molecule is CC(C)CN(CC(C)C)C(=O)c1cc(-c2ccccc2Cl)nc2ccccc12. The lowest BCUT2D eigenvalue weighted by molar-refractivity contribution is 0.0717. The minimum absolute atomic E-state index is 0.0503. The van der Waals surface area contributed by atoms with E-state index in [2.05, 4.69) is 27.7 Å². The second-order valence-corrected chi connectivity index (χ2v) is 8.46. The lowest BCUT2D eigenvalue weighted by Gasteiger charge is -2.27. The number of halogens is 1. The van der Waals surface area contributed by atoms with Crippen LogP contribution in [-0.4, -0.2) is 28.9 Å². The van der Waals surface area contributed by atoms with E-state index in [1.807, 2.05) is 59.5 Å². The number of para-hydroxylation sites is 1. The molecule has 3 rings (SSSR count). The van der Waals surface area contributed by atoms with Gasteiger partial charge in [-0.3, -0.25) is 4.79 Å². The summed E-state index contributed by atoms with van der Waals surface area (Å²) in [5.41, 5.74) is 3.05. The van der Waals surface area contributed by atoms with Gasteiger partial charge >= 0.3 is 0 Å². The van der Waals surface area contributed by atoms with Crippen LogP contribution in [0.5, 0.6) is 0 Å². The molecule has 0 aliphatic rings. The highest BCUT2D eigenvalue weighted by atomic mass is 35.5. The molecule has 3 aromatic rings. The molecule has 0 atom stereocenters. The quantitative estimate of drug-likeness (QED) is 0.490. The van der Waals surface area contributed by atoms with Gasteiger partial charge in [0.05, 0.1) is 16.8 Å². The third kappa shape index (κ3) is 4.53. The molecule has 2 aromatic carbocycles. The molecule has 1 amide bonds. The first-order valence-corrected chi connectivity index (χ1v) is 10.2. The number of benzene rings is 2. The average molecular weight is 395 g/mol. The van der Waals surface area contributed by atoms with Gasteiger partial charge in [-0.25, -0.2) is 4.98 Å². The molecule has 1 aromatic heterocycles. The summed E-state index contributed by atoms with van der Waals surface area (Å²) >= 11 is 6.41. The number of nitrogens with zero attached hydrogens (tertiary/aromatic N) is 2. The molecule has 28 heavy (non-hydrogen) atoms. The molecule has 0 saturated heterocycles. The Kier molecular flexibility index (Phi) is 6.35. The van der Waals surface area contributed by atoms with Crippen LogP contribution in [0, 0.1) is 11.8 Å². The maximum Gasteiger partial charge on any atom is 0.254 e. The predicted molar refractivity (Wildman–Crippen MR) is 118 cm³/mol. The number of fused-ring (bicyclic) bond motifs is 1. The van der Waals surface area contributed by atoms with Crippen molar-refractivity contribution in [3.8, 4) is 11.3 Å². The summed E-state index contributed by atoms with van der Waals surface area (Å²) in [5, 5.41) is 1.51. The number of pyridine rings is 1. The fourth-order valence-corrected chi connectivity index (χ4v) is 3.68. The molecule has 1 heterocycles. The Labute approximate surface area is 172 Å². The molecule has 4 heteroatoms. The van der Waals surface area contributed by atoms with Crippen molar-refractivity contribution in [1.82, 2.24) is 9.88 Å². The van der Waals surface area contributed by atoms with E-state index in [0.717, 1.165) is 35.2 Å². The fourth-order valence-electron chi connectivity index (χ4n) is 3.45. The highest BCUT2D eigenvalue weighted by Crippen LogP contribution is 2.30. The van der Waals surface area contributed by atoms with E-state index in [1.165, 1.54) is 0 Å². The summed E-state index contributed by atoms with van der Waals surface area (Å²) in [4.78, 5) is 20.3. The minimum Gasteiger partial charge on any atom is -0.338 e. The van der Waals surface area contributed by atoms with Gasteiger partial charge in [0.2, 0.25) is 0 Å². The van der Waals surface area contributed by atoms with Gasteiger partial charge in [-0.2, -0.15) is 0 Å². The van der Waals surface area contributed by atoms with Crippen molar-refractivity contribution in [1.29, 1.82) is 0 Å². The van der Waals surface area contributed by atoms with Gasteiger partial charge in [0.25, 0.3) is 5.91 Å². The van der Waals surface area contributed by atoms with Crippen molar-refractivity contribution in [2.75, 3.05) is 13.1 Å². The van der Waals surface area contributed by atoms with Gasteiger partial charge in [-0.1, -0.05) is 75.7 Å². The molecule has 0 radical (unpaired) electrons. The van der Waals surface area contributed by atoms with Crippen molar-refractivity contribution >= 4 is 28.4 Å². The molecule has 0 aliphatic carbocycles. The summed E-state index contributed by atoms with van der Waals surface area (Å²) in [5.74, 6) is 0.854. The van der Waals surface area contributed by atoms with Crippen molar-refractivity contribution in [3.63, 3.8) is 0 Å². The van der Waals surface area contributed by atoms with E-state index in [-0.39, 0.29) is 5.91 Å². The maximum atomic E-state index is 13.6. The largest absolute Gasteiger partial charge is 0.338 e. The van der Waals surface area contributed by atoms with E-state index in [9.17, 15) is 4.79 Å². The third-order valence-electron chi connectivity index (χ3n) is 4.55. The summed E-state index contributed by atoms with van der Waals surface area (Å²) < 4.78 is 0. The zero-order valence-electron chi connectivity index (χ0n) is 16.9. The van der Waals surface area contributed by atoms with E-state index in [4.69, 9.17) is 16.6 Å². The van der Waals surface area contributed by atoms with E-state index >= 15 is 0 Å². The van der Waals surface area contributed by atoms with Crippen LogP contribution in [0.1, 0.15) is 38.1 Å². The minimum atomic E-state index is 0.0503. The standard InChI is InChI=1S/C24H27ClN2O/c1-16(2)14-27(15-17(3)4)24(28)20-13-23(19-10-5-7-11-21(19)25)26-22-12-8-6-9-18(20)22/h5-13,16-17H,14-15H2,1-4H3. The Morgan fingerprint density at radius 3 is 2.21 bits per heavy atom. The maximum absolute atomic E-state index is 13.6. The van der Waals surface area contributed by atoms with Crippen LogP contribution in [-0.2, 0) is 0 Å². The lowest BCUT2D eigenvalue weighted by Crippen LogP contribution is -2.37. The van der Waals surface area contributed by atoms with Crippen LogP contribution in [0.4, 0.5) is 0 Å². The van der Waals surface area contributed by atoms with Crippen LogP contribution < -0.4 is 0 Å². The first-order valence-electron chi connectivity index (χ1n) is 9.80. The van der Waals surface area contributed by atoms with Crippen molar-refractivity contribution in [2.45, 2.75) is 27.7 Å². The number of hydrogen-bond acceptors (Lipinski definition) is 2. The first kappa shape index (κ1) is 20.3. The summed E-state index contributed by atoms with van der Waals surface area (Å²) in [6.07, 6.45) is 0. The summed E-state index contributed by atoms with van der Waals surface area (Å²) in [6.45, 7) is 10.0. The molecule has 0 N–H and O–H groups in total. The molecule has 3 nitrogen and oxygen atoms in total. The van der Waals surface area contributed by atoms with Gasteiger partial charge in [0.1, 0.15) is 0 Å². The number of rotatable bonds is 6. The summed E-state index contributed by atoms with van der Waals surface area (Å²) in [7, 11) is 0. The number of carbonyl (C=O) groups is 1. The Morgan fingerprint density at radius 1 is 0.964 bits per heavy atom. The molecule has 0 spiro atoms. The molecule has 0 fully saturated rings. The third-order valence-corrected chi connectivity index (χ3v) is 4.88. The molecule has 0 bridgehead atoms. The van der Waals surface area contributed by atoms with E-state index in [1.54, 1.807) is 0 Å². The monoisotopic (exact) mass is 394 g/mol. The van der Waals surface area contributed by atoms with E-state index < -0.39 is 0 Å². The highest BCUT2D eigenvalue weighted by molar-refractivity contribution is 6.33. The number of carbonyl (C=O) groups excluding carboxylic acids is 1. The molecule has 0 aliphatic heterocycles. The van der Waals surface area contributed by atoms with Gasteiger partial charge in [0.15, 0.2) is 0 Å². The first-order chi connectivity index (χ1) is 13.4. The Bertz CT molecular complexity index is 971. The zero-order chi connectivity index (χ0) is 20.3. The second-order valence-electron chi connectivity index (χ2n) is 8.05. The normalized spacial score (nSPS) is 11.4. The molecule has 0 unspecified atom stereocenters. The molecular weight excluding hydrogens is 368 g/mol. The fraction of sp³-hybridized carbons (Fsp3) is 0.333. The van der Waals surface area contributed by atoms with Crippen molar-refractivity contribution in [3.05, 3.63) is 65.2 Å². The van der Waals surface area contributed by atoms with Gasteiger partial charge in [-0.05, 0) is 30.0 Å². The number of aromatic nitrogens is 1. The average Bonchev–Trinajstić information content (AvgIpc) is 2.65. The smallest absolute Gasteiger partial charge is 0.254 e. The van der Waals surface area contributed by atoms with Crippen molar-refractivity contribution < 1.29 is 4.79 Å². The molecule has 146 valence electrons. The topological polar surface area (TPSA) is 33.2 Å². The Hall–Kier alpha value is -2.39. The predicted octanol–water partition coefficient (Wildman–Crippen LogP) is 6.31. The van der Waals surface area contributed by atoms with E-state index in [0.29, 0.717) is 22.4 Å².